The Morgan fingerprint density at radius 1 is 1.38 bits per heavy atom. The maximum atomic E-state index is 11.2. The molecular weight excluding hydrogens is 228 g/mol. The van der Waals surface area contributed by atoms with Crippen molar-refractivity contribution >= 4 is 17.6 Å². The monoisotopic (exact) mass is 242 g/mol. The number of ether oxygens (including phenoxy) is 1. The highest BCUT2D eigenvalue weighted by molar-refractivity contribution is 6.30. The fourth-order valence-corrected chi connectivity index (χ4v) is 1.79. The van der Waals surface area contributed by atoms with E-state index in [0.29, 0.717) is 30.4 Å². The first-order valence-corrected chi connectivity index (χ1v) is 5.57. The van der Waals surface area contributed by atoms with E-state index in [-0.39, 0.29) is 5.97 Å². The second-order valence-electron chi connectivity index (χ2n) is 3.43. The molecule has 0 radical (unpaired) electrons. The molecule has 0 aliphatic carbocycles. The highest BCUT2D eigenvalue weighted by Crippen LogP contribution is 2.18. The van der Waals surface area contributed by atoms with Crippen LogP contribution < -0.4 is 0 Å². The Morgan fingerprint density at radius 3 is 2.62 bits per heavy atom. The summed E-state index contributed by atoms with van der Waals surface area (Å²) in [6, 6.07) is 0. The average Bonchev–Trinajstić information content (AvgIpc) is 2.16. The van der Waals surface area contributed by atoms with Crippen molar-refractivity contribution in [1.82, 2.24) is 9.97 Å². The van der Waals surface area contributed by atoms with E-state index < -0.39 is 0 Å². The number of aryl methyl sites for hydroxylation is 2. The molecule has 0 saturated carbocycles. The van der Waals surface area contributed by atoms with Gasteiger partial charge in [0.1, 0.15) is 11.0 Å². The summed E-state index contributed by atoms with van der Waals surface area (Å²) in [5, 5.41) is 0.425. The van der Waals surface area contributed by atoms with Crippen molar-refractivity contribution in [3.8, 4) is 0 Å². The smallest absolute Gasteiger partial charge is 0.306 e. The molecule has 0 N–H and O–H groups in total. The van der Waals surface area contributed by atoms with Crippen molar-refractivity contribution < 1.29 is 9.53 Å². The zero-order valence-corrected chi connectivity index (χ0v) is 10.5. The van der Waals surface area contributed by atoms with Crippen LogP contribution in [0.25, 0.3) is 0 Å². The molecule has 1 rings (SSSR count). The number of carbonyl (C=O) groups is 1. The van der Waals surface area contributed by atoms with Gasteiger partial charge < -0.3 is 4.74 Å². The van der Waals surface area contributed by atoms with Crippen molar-refractivity contribution in [3.63, 3.8) is 0 Å². The third-order valence-electron chi connectivity index (χ3n) is 2.16. The van der Waals surface area contributed by atoms with Crippen LogP contribution >= 0.6 is 11.6 Å². The molecule has 0 atom stereocenters. The van der Waals surface area contributed by atoms with Gasteiger partial charge in [-0.25, -0.2) is 9.97 Å². The Morgan fingerprint density at radius 2 is 2.06 bits per heavy atom. The van der Waals surface area contributed by atoms with Crippen molar-refractivity contribution in [2.75, 3.05) is 6.61 Å². The molecule has 0 aliphatic rings. The van der Waals surface area contributed by atoms with Crippen LogP contribution in [0.3, 0.4) is 0 Å². The van der Waals surface area contributed by atoms with Crippen LogP contribution in [0.2, 0.25) is 5.15 Å². The molecule has 0 aromatic carbocycles. The maximum Gasteiger partial charge on any atom is 0.306 e. The lowest BCUT2D eigenvalue weighted by Crippen LogP contribution is -2.07. The molecule has 0 aliphatic heterocycles. The van der Waals surface area contributed by atoms with Gasteiger partial charge in [0.15, 0.2) is 0 Å². The first-order chi connectivity index (χ1) is 7.54. The Labute approximate surface area is 100 Å². The second-order valence-corrected chi connectivity index (χ2v) is 3.79. The van der Waals surface area contributed by atoms with Gasteiger partial charge in [-0.15, -0.1) is 0 Å². The Hall–Kier alpha value is -1.16. The van der Waals surface area contributed by atoms with Gasteiger partial charge in [0.25, 0.3) is 0 Å². The van der Waals surface area contributed by atoms with E-state index in [0.717, 1.165) is 11.3 Å². The summed E-state index contributed by atoms with van der Waals surface area (Å²) in [5.41, 5.74) is 1.64. The summed E-state index contributed by atoms with van der Waals surface area (Å²) in [6.07, 6.45) is 0.824. The largest absolute Gasteiger partial charge is 0.466 e. The highest BCUT2D eigenvalue weighted by atomic mass is 35.5. The van der Waals surface area contributed by atoms with Crippen LogP contribution in [0, 0.1) is 13.8 Å². The van der Waals surface area contributed by atoms with E-state index in [2.05, 4.69) is 9.97 Å². The van der Waals surface area contributed by atoms with Crippen LogP contribution in [-0.4, -0.2) is 22.5 Å². The molecule has 0 fully saturated rings. The number of halogens is 1. The van der Waals surface area contributed by atoms with Gasteiger partial charge in [-0.3, -0.25) is 4.79 Å². The molecule has 1 aromatic rings. The summed E-state index contributed by atoms with van der Waals surface area (Å²) < 4.78 is 4.84. The fraction of sp³-hybridized carbons (Fsp3) is 0.545. The molecule has 4 nitrogen and oxygen atoms in total. The van der Waals surface area contributed by atoms with Crippen molar-refractivity contribution in [2.24, 2.45) is 0 Å². The van der Waals surface area contributed by atoms with E-state index in [4.69, 9.17) is 16.3 Å². The van der Waals surface area contributed by atoms with Crippen LogP contribution in [0.15, 0.2) is 0 Å². The van der Waals surface area contributed by atoms with E-state index in [1.165, 1.54) is 0 Å². The molecule has 0 bridgehead atoms. The summed E-state index contributed by atoms with van der Waals surface area (Å²) in [6.45, 7) is 5.83. The maximum absolute atomic E-state index is 11.2. The number of hydrogen-bond donors (Lipinski definition) is 0. The lowest BCUT2D eigenvalue weighted by Gasteiger charge is -2.07. The van der Waals surface area contributed by atoms with Crippen LogP contribution in [-0.2, 0) is 16.0 Å². The first kappa shape index (κ1) is 12.9. The molecule has 1 heterocycles. The number of aromatic nitrogens is 2. The lowest BCUT2D eigenvalue weighted by molar-refractivity contribution is -0.143. The average molecular weight is 243 g/mol. The third-order valence-corrected chi connectivity index (χ3v) is 2.47. The zero-order chi connectivity index (χ0) is 12.1. The van der Waals surface area contributed by atoms with E-state index >= 15 is 0 Å². The SMILES string of the molecule is CCOC(=O)CCc1c(C)nc(C)nc1Cl. The topological polar surface area (TPSA) is 52.1 Å². The minimum absolute atomic E-state index is 0.224. The summed E-state index contributed by atoms with van der Waals surface area (Å²) in [7, 11) is 0. The molecule has 0 saturated heterocycles. The van der Waals surface area contributed by atoms with Crippen LogP contribution in [0.1, 0.15) is 30.4 Å². The van der Waals surface area contributed by atoms with Gasteiger partial charge in [-0.05, 0) is 27.2 Å². The standard InChI is InChI=1S/C11H15ClN2O2/c1-4-16-10(15)6-5-9-7(2)13-8(3)14-11(9)12/h4-6H2,1-3H3. The highest BCUT2D eigenvalue weighted by Gasteiger charge is 2.10. The quantitative estimate of drug-likeness (QED) is 0.600. The molecule has 5 heteroatoms. The van der Waals surface area contributed by atoms with Crippen LogP contribution in [0.5, 0.6) is 0 Å². The second kappa shape index (κ2) is 5.80. The normalized spacial score (nSPS) is 10.2. The van der Waals surface area contributed by atoms with E-state index in [1.807, 2.05) is 6.92 Å². The molecule has 1 aromatic heterocycles. The van der Waals surface area contributed by atoms with Gasteiger partial charge in [0.2, 0.25) is 0 Å². The van der Waals surface area contributed by atoms with Crippen LogP contribution in [0.4, 0.5) is 0 Å². The first-order valence-electron chi connectivity index (χ1n) is 5.19. The number of carbonyl (C=O) groups excluding carboxylic acids is 1. The van der Waals surface area contributed by atoms with Gasteiger partial charge in [0.05, 0.1) is 6.61 Å². The number of hydrogen-bond acceptors (Lipinski definition) is 4. The van der Waals surface area contributed by atoms with E-state index in [1.54, 1.807) is 13.8 Å². The molecule has 0 spiro atoms. The van der Waals surface area contributed by atoms with Gasteiger partial charge in [-0.2, -0.15) is 0 Å². The molecular formula is C11H15ClN2O2. The van der Waals surface area contributed by atoms with Gasteiger partial charge in [-0.1, -0.05) is 11.6 Å². The predicted molar refractivity (Wildman–Crippen MR) is 61.5 cm³/mol. The summed E-state index contributed by atoms with van der Waals surface area (Å²) >= 11 is 5.99. The Kier molecular flexibility index (Phi) is 4.68. The predicted octanol–water partition coefficient (Wildman–Crippen LogP) is 2.24. The minimum Gasteiger partial charge on any atom is -0.466 e. The third kappa shape index (κ3) is 3.45. The minimum atomic E-state index is -0.224. The summed E-state index contributed by atoms with van der Waals surface area (Å²) in [4.78, 5) is 19.5. The fourth-order valence-electron chi connectivity index (χ4n) is 1.44. The number of esters is 1. The molecule has 0 amide bonds. The van der Waals surface area contributed by atoms with Crippen molar-refractivity contribution in [2.45, 2.75) is 33.6 Å². The number of rotatable bonds is 4. The molecule has 0 unspecified atom stereocenters. The van der Waals surface area contributed by atoms with Gasteiger partial charge in [0, 0.05) is 17.7 Å². The van der Waals surface area contributed by atoms with Crippen molar-refractivity contribution in [1.29, 1.82) is 0 Å². The zero-order valence-electron chi connectivity index (χ0n) is 9.71. The van der Waals surface area contributed by atoms with E-state index in [9.17, 15) is 4.79 Å². The molecule has 16 heavy (non-hydrogen) atoms. The Bertz CT molecular complexity index is 371. The number of nitrogens with zero attached hydrogens (tertiary/aromatic N) is 2. The van der Waals surface area contributed by atoms with Gasteiger partial charge >= 0.3 is 5.97 Å². The van der Waals surface area contributed by atoms with Crippen molar-refractivity contribution in [3.05, 3.63) is 22.2 Å². The molecule has 88 valence electrons. The lowest BCUT2D eigenvalue weighted by atomic mass is 10.1. The summed E-state index contributed by atoms with van der Waals surface area (Å²) in [5.74, 6) is 0.418. The Balaban J connectivity index is 2.70.